The van der Waals surface area contributed by atoms with E-state index in [4.69, 9.17) is 10.5 Å². The summed E-state index contributed by atoms with van der Waals surface area (Å²) in [5.41, 5.74) is 6.90. The zero-order valence-corrected chi connectivity index (χ0v) is 10.7. The molecule has 18 heavy (non-hydrogen) atoms. The van der Waals surface area contributed by atoms with Crippen LogP contribution < -0.4 is 5.73 Å². The van der Waals surface area contributed by atoms with Crippen molar-refractivity contribution >= 4 is 5.78 Å². The van der Waals surface area contributed by atoms with Crippen molar-refractivity contribution in [3.05, 3.63) is 35.1 Å². The summed E-state index contributed by atoms with van der Waals surface area (Å²) in [6, 6.07) is 4.22. The second kappa shape index (κ2) is 4.78. The van der Waals surface area contributed by atoms with Crippen molar-refractivity contribution in [2.75, 3.05) is 13.2 Å². The number of benzene rings is 1. The van der Waals surface area contributed by atoms with E-state index in [1.165, 1.54) is 12.1 Å². The molecule has 2 unspecified atom stereocenters. The van der Waals surface area contributed by atoms with E-state index < -0.39 is 5.41 Å². The second-order valence-electron chi connectivity index (χ2n) is 5.21. The van der Waals surface area contributed by atoms with Gasteiger partial charge in [0.2, 0.25) is 0 Å². The van der Waals surface area contributed by atoms with Gasteiger partial charge in [0, 0.05) is 12.5 Å². The number of nitrogens with two attached hydrogens (primary N) is 1. The Labute approximate surface area is 106 Å². The lowest BCUT2D eigenvalue weighted by Crippen LogP contribution is -2.45. The van der Waals surface area contributed by atoms with E-state index >= 15 is 0 Å². The third-order valence-corrected chi connectivity index (χ3v) is 3.82. The van der Waals surface area contributed by atoms with Gasteiger partial charge in [0.25, 0.3) is 0 Å². The molecule has 1 fully saturated rings. The summed E-state index contributed by atoms with van der Waals surface area (Å²) < 4.78 is 18.5. The van der Waals surface area contributed by atoms with Gasteiger partial charge in [-0.2, -0.15) is 0 Å². The molecule has 0 bridgehead atoms. The Balaban J connectivity index is 2.19. The number of hydrogen-bond acceptors (Lipinski definition) is 3. The zero-order chi connectivity index (χ0) is 13.3. The topological polar surface area (TPSA) is 52.3 Å². The molecule has 2 atom stereocenters. The van der Waals surface area contributed by atoms with Gasteiger partial charge >= 0.3 is 0 Å². The normalized spacial score (nSPS) is 27.4. The van der Waals surface area contributed by atoms with E-state index in [-0.39, 0.29) is 24.1 Å². The van der Waals surface area contributed by atoms with Crippen LogP contribution in [0.4, 0.5) is 4.39 Å². The number of carbonyl (C=O) groups is 1. The van der Waals surface area contributed by atoms with Crippen LogP contribution in [0.1, 0.15) is 18.1 Å². The van der Waals surface area contributed by atoms with Crippen LogP contribution >= 0.6 is 0 Å². The van der Waals surface area contributed by atoms with Gasteiger partial charge in [-0.1, -0.05) is 6.07 Å². The summed E-state index contributed by atoms with van der Waals surface area (Å²) in [5, 5.41) is 0. The molecular formula is C14H18FNO2. The zero-order valence-electron chi connectivity index (χ0n) is 10.7. The third kappa shape index (κ3) is 2.31. The summed E-state index contributed by atoms with van der Waals surface area (Å²) in [6.45, 7) is 4.45. The molecule has 1 aliphatic heterocycles. The summed E-state index contributed by atoms with van der Waals surface area (Å²) >= 11 is 0. The Morgan fingerprint density at radius 1 is 1.61 bits per heavy atom. The van der Waals surface area contributed by atoms with Gasteiger partial charge in [-0.25, -0.2) is 4.39 Å². The number of hydrogen-bond donors (Lipinski definition) is 1. The molecule has 1 heterocycles. The smallest absolute Gasteiger partial charge is 0.147 e. The van der Waals surface area contributed by atoms with Crippen molar-refractivity contribution in [2.45, 2.75) is 26.3 Å². The summed E-state index contributed by atoms with van der Waals surface area (Å²) in [4.78, 5) is 12.3. The lowest BCUT2D eigenvalue weighted by atomic mass is 9.78. The molecule has 4 heteroatoms. The van der Waals surface area contributed by atoms with Crippen LogP contribution in [0.3, 0.4) is 0 Å². The molecule has 1 saturated heterocycles. The Kier molecular flexibility index (Phi) is 3.50. The molecule has 0 aromatic heterocycles. The van der Waals surface area contributed by atoms with Gasteiger partial charge in [0.1, 0.15) is 11.6 Å². The van der Waals surface area contributed by atoms with E-state index in [1.54, 1.807) is 6.07 Å². The van der Waals surface area contributed by atoms with Crippen LogP contribution in [0.15, 0.2) is 18.2 Å². The molecule has 0 spiro atoms. The molecule has 0 radical (unpaired) electrons. The molecular weight excluding hydrogens is 233 g/mol. The van der Waals surface area contributed by atoms with Gasteiger partial charge in [0.05, 0.1) is 18.6 Å². The monoisotopic (exact) mass is 251 g/mol. The highest BCUT2D eigenvalue weighted by molar-refractivity contribution is 5.88. The molecule has 1 aromatic carbocycles. The lowest BCUT2D eigenvalue weighted by Gasteiger charge is -2.25. The van der Waals surface area contributed by atoms with E-state index in [1.807, 2.05) is 13.8 Å². The van der Waals surface area contributed by atoms with E-state index in [0.717, 1.165) is 11.1 Å². The van der Waals surface area contributed by atoms with Crippen LogP contribution in [0.25, 0.3) is 0 Å². The average molecular weight is 251 g/mol. The Hall–Kier alpha value is -1.26. The highest BCUT2D eigenvalue weighted by Crippen LogP contribution is 2.30. The summed E-state index contributed by atoms with van der Waals surface area (Å²) in [6.07, 6.45) is 0.206. The molecule has 98 valence electrons. The fourth-order valence-corrected chi connectivity index (χ4v) is 2.18. The van der Waals surface area contributed by atoms with Gasteiger partial charge in [-0.15, -0.1) is 0 Å². The Morgan fingerprint density at radius 2 is 2.33 bits per heavy atom. The maximum Gasteiger partial charge on any atom is 0.147 e. The largest absolute Gasteiger partial charge is 0.379 e. The maximum absolute atomic E-state index is 13.2. The second-order valence-corrected chi connectivity index (χ2v) is 5.21. The van der Waals surface area contributed by atoms with Crippen molar-refractivity contribution in [3.8, 4) is 0 Å². The standard InChI is InChI=1S/C14H18FNO2/c1-9-3-4-11(15)5-10(9)6-13(17)14(2)8-18-7-12(14)16/h3-5,12H,6-8,16H2,1-2H3. The molecule has 3 nitrogen and oxygen atoms in total. The van der Waals surface area contributed by atoms with E-state index in [2.05, 4.69) is 0 Å². The molecule has 0 saturated carbocycles. The molecule has 0 aliphatic carbocycles. The number of ketones is 1. The highest BCUT2D eigenvalue weighted by Gasteiger charge is 2.43. The van der Waals surface area contributed by atoms with Crippen LogP contribution in [0.5, 0.6) is 0 Å². The number of aryl methyl sites for hydroxylation is 1. The molecule has 1 aromatic rings. The number of halogens is 1. The maximum atomic E-state index is 13.2. The molecule has 2 rings (SSSR count). The quantitative estimate of drug-likeness (QED) is 0.888. The van der Waals surface area contributed by atoms with E-state index in [9.17, 15) is 9.18 Å². The average Bonchev–Trinajstić information content (AvgIpc) is 2.66. The van der Waals surface area contributed by atoms with E-state index in [0.29, 0.717) is 13.2 Å². The third-order valence-electron chi connectivity index (χ3n) is 3.82. The first-order valence-corrected chi connectivity index (χ1v) is 6.05. The first kappa shape index (κ1) is 13.2. The van der Waals surface area contributed by atoms with Crippen LogP contribution in [-0.2, 0) is 16.0 Å². The van der Waals surface area contributed by atoms with Gasteiger partial charge in [0.15, 0.2) is 0 Å². The van der Waals surface area contributed by atoms with Crippen molar-refractivity contribution < 1.29 is 13.9 Å². The van der Waals surface area contributed by atoms with Gasteiger partial charge < -0.3 is 10.5 Å². The molecule has 1 aliphatic rings. The van der Waals surface area contributed by atoms with Gasteiger partial charge in [-0.3, -0.25) is 4.79 Å². The van der Waals surface area contributed by atoms with Crippen LogP contribution in [-0.4, -0.2) is 25.0 Å². The summed E-state index contributed by atoms with van der Waals surface area (Å²) in [5.74, 6) is -0.304. The number of rotatable bonds is 3. The van der Waals surface area contributed by atoms with Crippen molar-refractivity contribution in [3.63, 3.8) is 0 Å². The number of carbonyl (C=O) groups excluding carboxylic acids is 1. The minimum atomic E-state index is -0.654. The molecule has 0 amide bonds. The minimum absolute atomic E-state index is 0.0150. The fourth-order valence-electron chi connectivity index (χ4n) is 2.18. The minimum Gasteiger partial charge on any atom is -0.379 e. The first-order valence-electron chi connectivity index (χ1n) is 6.05. The SMILES string of the molecule is Cc1ccc(F)cc1CC(=O)C1(C)COCC1N. The summed E-state index contributed by atoms with van der Waals surface area (Å²) in [7, 11) is 0. The number of ether oxygens (including phenoxy) is 1. The van der Waals surface area contributed by atoms with Crippen LogP contribution in [0.2, 0.25) is 0 Å². The van der Waals surface area contributed by atoms with Crippen LogP contribution in [0, 0.1) is 18.2 Å². The Bertz CT molecular complexity index is 475. The highest BCUT2D eigenvalue weighted by atomic mass is 19.1. The van der Waals surface area contributed by atoms with Gasteiger partial charge in [-0.05, 0) is 37.1 Å². The van der Waals surface area contributed by atoms with Crippen molar-refractivity contribution in [2.24, 2.45) is 11.1 Å². The first-order chi connectivity index (χ1) is 8.43. The molecule has 2 N–H and O–H groups in total. The van der Waals surface area contributed by atoms with Crippen molar-refractivity contribution in [1.29, 1.82) is 0 Å². The number of Topliss-reactive ketones (excluding diaryl/α,β-unsaturated/α-hetero) is 1. The van der Waals surface area contributed by atoms with Crippen molar-refractivity contribution in [1.82, 2.24) is 0 Å². The predicted molar refractivity (Wildman–Crippen MR) is 66.7 cm³/mol. The fraction of sp³-hybridized carbons (Fsp3) is 0.500. The predicted octanol–water partition coefficient (Wildman–Crippen LogP) is 1.61. The lowest BCUT2D eigenvalue weighted by molar-refractivity contribution is -0.127. The Morgan fingerprint density at radius 3 is 2.94 bits per heavy atom.